The van der Waals surface area contributed by atoms with Crippen LogP contribution in [0.5, 0.6) is 0 Å². The highest BCUT2D eigenvalue weighted by molar-refractivity contribution is 7.92. The maximum Gasteiger partial charge on any atom is 0.233 e. The van der Waals surface area contributed by atoms with E-state index in [2.05, 4.69) is 26.8 Å². The molecular weight excluding hydrogens is 312 g/mol. The summed E-state index contributed by atoms with van der Waals surface area (Å²) in [7, 11) is -3.42. The third-order valence-corrected chi connectivity index (χ3v) is 4.42. The van der Waals surface area contributed by atoms with Crippen LogP contribution in [0.15, 0.2) is 55.1 Å². The Morgan fingerprint density at radius 3 is 2.39 bits per heavy atom. The maximum atomic E-state index is 12.0. The standard InChI is InChI=1S/C16H20N4O2S/c1-2-12-17-15-10-11-16(19-18-15)20-23(21,22)13-6-9-14-7-4-3-5-8-14/h2-5,7-8,10-11H,1,6,9,12-13H2,(H,17,18)(H,19,20). The molecule has 0 atom stereocenters. The average Bonchev–Trinajstić information content (AvgIpc) is 2.55. The molecule has 0 fully saturated rings. The molecule has 1 aromatic carbocycles. The molecule has 0 radical (unpaired) electrons. The van der Waals surface area contributed by atoms with E-state index < -0.39 is 10.0 Å². The van der Waals surface area contributed by atoms with Crippen molar-refractivity contribution in [3.63, 3.8) is 0 Å². The summed E-state index contributed by atoms with van der Waals surface area (Å²) in [6, 6.07) is 13.0. The van der Waals surface area contributed by atoms with E-state index in [9.17, 15) is 8.42 Å². The molecule has 0 bridgehead atoms. The van der Waals surface area contributed by atoms with Gasteiger partial charge in [-0.25, -0.2) is 8.42 Å². The van der Waals surface area contributed by atoms with Gasteiger partial charge in [-0.1, -0.05) is 36.4 Å². The molecule has 0 unspecified atom stereocenters. The lowest BCUT2D eigenvalue weighted by Gasteiger charge is -2.07. The molecule has 0 aliphatic heterocycles. The fourth-order valence-electron chi connectivity index (χ4n) is 1.98. The van der Waals surface area contributed by atoms with Gasteiger partial charge >= 0.3 is 0 Å². The largest absolute Gasteiger partial charge is 0.365 e. The van der Waals surface area contributed by atoms with Gasteiger partial charge in [0.25, 0.3) is 0 Å². The Labute approximate surface area is 136 Å². The number of hydrogen-bond donors (Lipinski definition) is 2. The second-order valence-corrected chi connectivity index (χ2v) is 6.83. The van der Waals surface area contributed by atoms with Gasteiger partial charge in [-0.05, 0) is 30.5 Å². The summed E-state index contributed by atoms with van der Waals surface area (Å²) >= 11 is 0. The van der Waals surface area contributed by atoms with Gasteiger partial charge in [0.05, 0.1) is 5.75 Å². The molecule has 0 aliphatic rings. The molecule has 7 heteroatoms. The summed E-state index contributed by atoms with van der Waals surface area (Å²) in [5, 5.41) is 10.7. The zero-order valence-corrected chi connectivity index (χ0v) is 13.6. The lowest BCUT2D eigenvalue weighted by atomic mass is 10.1. The smallest absolute Gasteiger partial charge is 0.233 e. The van der Waals surface area contributed by atoms with Crippen molar-refractivity contribution in [1.29, 1.82) is 0 Å². The topological polar surface area (TPSA) is 84.0 Å². The van der Waals surface area contributed by atoms with E-state index in [1.54, 1.807) is 18.2 Å². The Balaban J connectivity index is 1.84. The molecule has 2 aromatic rings. The minimum Gasteiger partial charge on any atom is -0.365 e. The van der Waals surface area contributed by atoms with E-state index in [1.807, 2.05) is 30.3 Å². The first-order valence-electron chi connectivity index (χ1n) is 7.32. The summed E-state index contributed by atoms with van der Waals surface area (Å²) in [6.07, 6.45) is 2.97. The number of aromatic nitrogens is 2. The number of benzene rings is 1. The van der Waals surface area contributed by atoms with Gasteiger partial charge in [0, 0.05) is 6.54 Å². The van der Waals surface area contributed by atoms with Gasteiger partial charge in [-0.3, -0.25) is 4.72 Å². The predicted octanol–water partition coefficient (Wildman–Crippen LogP) is 2.45. The second kappa shape index (κ2) is 8.28. The van der Waals surface area contributed by atoms with Crippen LogP contribution in [-0.2, 0) is 16.4 Å². The van der Waals surface area contributed by atoms with Crippen LogP contribution in [0.4, 0.5) is 11.6 Å². The van der Waals surface area contributed by atoms with E-state index in [-0.39, 0.29) is 11.6 Å². The zero-order valence-electron chi connectivity index (χ0n) is 12.8. The van der Waals surface area contributed by atoms with Gasteiger partial charge in [0.15, 0.2) is 5.82 Å². The van der Waals surface area contributed by atoms with Crippen molar-refractivity contribution in [2.75, 3.05) is 22.3 Å². The average molecular weight is 332 g/mol. The van der Waals surface area contributed by atoms with Crippen LogP contribution in [-0.4, -0.2) is 30.9 Å². The van der Waals surface area contributed by atoms with Crippen molar-refractivity contribution >= 4 is 21.7 Å². The van der Waals surface area contributed by atoms with E-state index in [0.717, 1.165) is 12.0 Å². The van der Waals surface area contributed by atoms with Crippen molar-refractivity contribution in [3.05, 3.63) is 60.7 Å². The molecule has 2 rings (SSSR count). The molecule has 0 aliphatic carbocycles. The lowest BCUT2D eigenvalue weighted by molar-refractivity contribution is 0.598. The first-order chi connectivity index (χ1) is 11.1. The summed E-state index contributed by atoms with van der Waals surface area (Å²) in [5.74, 6) is 0.825. The first kappa shape index (κ1) is 17.0. The van der Waals surface area contributed by atoms with E-state index >= 15 is 0 Å². The number of hydrogen-bond acceptors (Lipinski definition) is 5. The van der Waals surface area contributed by atoms with Crippen molar-refractivity contribution < 1.29 is 8.42 Å². The highest BCUT2D eigenvalue weighted by atomic mass is 32.2. The minimum absolute atomic E-state index is 0.0417. The number of rotatable bonds is 9. The van der Waals surface area contributed by atoms with Crippen LogP contribution in [0, 0.1) is 0 Å². The molecule has 2 N–H and O–H groups in total. The maximum absolute atomic E-state index is 12.0. The van der Waals surface area contributed by atoms with Crippen LogP contribution in [0.25, 0.3) is 0 Å². The van der Waals surface area contributed by atoms with E-state index in [4.69, 9.17) is 0 Å². The molecule has 0 spiro atoms. The van der Waals surface area contributed by atoms with Gasteiger partial charge < -0.3 is 5.32 Å². The SMILES string of the molecule is C=CCNc1ccc(NS(=O)(=O)CCCc2ccccc2)nn1. The van der Waals surface area contributed by atoms with E-state index in [0.29, 0.717) is 18.8 Å². The Morgan fingerprint density at radius 1 is 1.04 bits per heavy atom. The molecule has 122 valence electrons. The number of anilines is 2. The van der Waals surface area contributed by atoms with Gasteiger partial charge in [-0.2, -0.15) is 0 Å². The van der Waals surface area contributed by atoms with Crippen molar-refractivity contribution in [2.45, 2.75) is 12.8 Å². The molecule has 6 nitrogen and oxygen atoms in total. The van der Waals surface area contributed by atoms with Crippen LogP contribution in [0.1, 0.15) is 12.0 Å². The summed E-state index contributed by atoms with van der Waals surface area (Å²) < 4.78 is 26.5. The number of nitrogens with one attached hydrogen (secondary N) is 2. The zero-order chi connectivity index (χ0) is 16.5. The Morgan fingerprint density at radius 2 is 1.74 bits per heavy atom. The van der Waals surface area contributed by atoms with Gasteiger partial charge in [0.2, 0.25) is 10.0 Å². The molecule has 0 saturated heterocycles. The second-order valence-electron chi connectivity index (χ2n) is 4.98. The molecule has 23 heavy (non-hydrogen) atoms. The Hall–Kier alpha value is -2.41. The number of sulfonamides is 1. The van der Waals surface area contributed by atoms with Crippen LogP contribution in [0.2, 0.25) is 0 Å². The Kier molecular flexibility index (Phi) is 6.10. The van der Waals surface area contributed by atoms with Crippen molar-refractivity contribution in [3.8, 4) is 0 Å². The molecule has 1 aromatic heterocycles. The van der Waals surface area contributed by atoms with Crippen molar-refractivity contribution in [1.82, 2.24) is 10.2 Å². The van der Waals surface area contributed by atoms with Crippen LogP contribution < -0.4 is 10.0 Å². The first-order valence-corrected chi connectivity index (χ1v) is 8.97. The fraction of sp³-hybridized carbons (Fsp3) is 0.250. The quantitative estimate of drug-likeness (QED) is 0.689. The van der Waals surface area contributed by atoms with E-state index in [1.165, 1.54) is 0 Å². The molecule has 0 amide bonds. The fourth-order valence-corrected chi connectivity index (χ4v) is 3.03. The highest BCUT2D eigenvalue weighted by Crippen LogP contribution is 2.09. The molecule has 0 saturated carbocycles. The number of nitrogens with zero attached hydrogens (tertiary/aromatic N) is 2. The summed E-state index contributed by atoms with van der Waals surface area (Å²) in [5.41, 5.74) is 1.13. The monoisotopic (exact) mass is 332 g/mol. The molecule has 1 heterocycles. The predicted molar refractivity (Wildman–Crippen MR) is 92.9 cm³/mol. The van der Waals surface area contributed by atoms with Gasteiger partial charge in [0.1, 0.15) is 5.82 Å². The van der Waals surface area contributed by atoms with Crippen LogP contribution >= 0.6 is 0 Å². The van der Waals surface area contributed by atoms with Crippen molar-refractivity contribution in [2.24, 2.45) is 0 Å². The Bertz CT molecular complexity index is 716. The molecular formula is C16H20N4O2S. The lowest BCUT2D eigenvalue weighted by Crippen LogP contribution is -2.18. The third-order valence-electron chi connectivity index (χ3n) is 3.07. The minimum atomic E-state index is -3.42. The van der Waals surface area contributed by atoms with Gasteiger partial charge in [-0.15, -0.1) is 16.8 Å². The number of aryl methyl sites for hydroxylation is 1. The highest BCUT2D eigenvalue weighted by Gasteiger charge is 2.11. The summed E-state index contributed by atoms with van der Waals surface area (Å²) in [6.45, 7) is 4.16. The normalized spacial score (nSPS) is 11.0. The van der Waals surface area contributed by atoms with Crippen LogP contribution in [0.3, 0.4) is 0 Å². The third kappa shape index (κ3) is 6.07. The summed E-state index contributed by atoms with van der Waals surface area (Å²) in [4.78, 5) is 0.